The molecule has 0 aromatic heterocycles. The first kappa shape index (κ1) is 16.5. The molecule has 0 bridgehead atoms. The predicted octanol–water partition coefficient (Wildman–Crippen LogP) is 2.21. The van der Waals surface area contributed by atoms with E-state index in [9.17, 15) is 22.8 Å². The number of hydrogen-bond donors (Lipinski definition) is 2. The van der Waals surface area contributed by atoms with E-state index >= 15 is 0 Å². The summed E-state index contributed by atoms with van der Waals surface area (Å²) in [6, 6.07) is 2.65. The Kier molecular flexibility index (Phi) is 4.96. The second-order valence-electron chi connectivity index (χ2n) is 4.08. The zero-order valence-corrected chi connectivity index (χ0v) is 10.9. The Morgan fingerprint density at radius 2 is 2.00 bits per heavy atom. The van der Waals surface area contributed by atoms with Crippen LogP contribution in [0.4, 0.5) is 13.2 Å². The number of carboxylic acids is 1. The van der Waals surface area contributed by atoms with E-state index in [1.165, 1.54) is 6.92 Å². The number of carbonyl (C=O) groups is 2. The van der Waals surface area contributed by atoms with Crippen LogP contribution < -0.4 is 10.5 Å². The lowest BCUT2D eigenvalue weighted by molar-refractivity contribution is -0.139. The van der Waals surface area contributed by atoms with Crippen molar-refractivity contribution < 1.29 is 32.6 Å². The van der Waals surface area contributed by atoms with Crippen LogP contribution in [0.2, 0.25) is 0 Å². The first-order valence-electron chi connectivity index (χ1n) is 5.67. The number of benzene rings is 1. The highest BCUT2D eigenvalue weighted by atomic mass is 19.4. The fourth-order valence-electron chi connectivity index (χ4n) is 1.37. The van der Waals surface area contributed by atoms with Gasteiger partial charge in [0.15, 0.2) is 0 Å². The quantitative estimate of drug-likeness (QED) is 0.816. The zero-order valence-electron chi connectivity index (χ0n) is 10.9. The van der Waals surface area contributed by atoms with Crippen molar-refractivity contribution in [1.29, 1.82) is 0 Å². The highest BCUT2D eigenvalue weighted by molar-refractivity contribution is 5.93. The van der Waals surface area contributed by atoms with E-state index in [0.29, 0.717) is 6.07 Å². The van der Waals surface area contributed by atoms with Gasteiger partial charge in [-0.3, -0.25) is 4.79 Å². The average molecular weight is 303 g/mol. The van der Waals surface area contributed by atoms with Crippen molar-refractivity contribution in [2.24, 2.45) is 5.73 Å². The number of primary amides is 1. The fraction of sp³-hybridized carbons (Fsp3) is 0.231. The van der Waals surface area contributed by atoms with Gasteiger partial charge in [0.05, 0.1) is 5.56 Å². The maximum Gasteiger partial charge on any atom is 0.419 e. The molecule has 3 N–H and O–H groups in total. The molecule has 0 atom stereocenters. The van der Waals surface area contributed by atoms with Crippen molar-refractivity contribution in [2.75, 3.05) is 6.61 Å². The average Bonchev–Trinajstić information content (AvgIpc) is 2.37. The fourth-order valence-corrected chi connectivity index (χ4v) is 1.37. The molecule has 0 fully saturated rings. The number of carboxylic acid groups (broad SMARTS) is 1. The minimum absolute atomic E-state index is 0.0580. The molecular formula is C13H12F3NO4. The second-order valence-corrected chi connectivity index (χ2v) is 4.08. The van der Waals surface area contributed by atoms with Crippen molar-refractivity contribution in [3.05, 3.63) is 41.0 Å². The first-order valence-corrected chi connectivity index (χ1v) is 5.67. The van der Waals surface area contributed by atoms with Crippen molar-refractivity contribution in [3.8, 4) is 5.75 Å². The Hall–Kier alpha value is -2.51. The molecule has 0 spiro atoms. The molecule has 1 aromatic carbocycles. The minimum Gasteiger partial charge on any atom is -0.489 e. The third-order valence-electron chi connectivity index (χ3n) is 2.54. The molecule has 0 aliphatic carbocycles. The molecule has 1 rings (SSSR count). The largest absolute Gasteiger partial charge is 0.489 e. The molecule has 1 amide bonds. The summed E-state index contributed by atoms with van der Waals surface area (Å²) in [5, 5.41) is 8.61. The van der Waals surface area contributed by atoms with Crippen molar-refractivity contribution in [2.45, 2.75) is 13.1 Å². The molecule has 1 aromatic rings. The highest BCUT2D eigenvalue weighted by Gasteiger charge is 2.35. The van der Waals surface area contributed by atoms with Gasteiger partial charge < -0.3 is 15.6 Å². The van der Waals surface area contributed by atoms with E-state index < -0.39 is 29.4 Å². The third kappa shape index (κ3) is 4.51. The molecule has 21 heavy (non-hydrogen) atoms. The number of amides is 1. The van der Waals surface area contributed by atoms with Crippen molar-refractivity contribution in [1.82, 2.24) is 0 Å². The third-order valence-corrected chi connectivity index (χ3v) is 2.54. The molecular weight excluding hydrogens is 291 g/mol. The Bertz CT molecular complexity index is 594. The minimum atomic E-state index is -4.73. The van der Waals surface area contributed by atoms with Gasteiger partial charge >= 0.3 is 12.1 Å². The molecule has 0 unspecified atom stereocenters. The van der Waals surface area contributed by atoms with Crippen LogP contribution in [-0.4, -0.2) is 23.6 Å². The van der Waals surface area contributed by atoms with Gasteiger partial charge in [0.1, 0.15) is 12.4 Å². The Morgan fingerprint density at radius 3 is 2.48 bits per heavy atom. The van der Waals surface area contributed by atoms with Gasteiger partial charge in [-0.15, -0.1) is 0 Å². The van der Waals surface area contributed by atoms with Gasteiger partial charge in [-0.25, -0.2) is 4.79 Å². The van der Waals surface area contributed by atoms with Crippen LogP contribution in [0.15, 0.2) is 29.8 Å². The Balaban J connectivity index is 3.04. The van der Waals surface area contributed by atoms with Crippen LogP contribution in [0, 0.1) is 0 Å². The van der Waals surface area contributed by atoms with Gasteiger partial charge in [0.25, 0.3) is 0 Å². The Labute approximate surface area is 117 Å². The highest BCUT2D eigenvalue weighted by Crippen LogP contribution is 2.36. The topological polar surface area (TPSA) is 89.6 Å². The maximum atomic E-state index is 12.9. The smallest absolute Gasteiger partial charge is 0.419 e. The van der Waals surface area contributed by atoms with Crippen LogP contribution in [0.3, 0.4) is 0 Å². The first-order chi connectivity index (χ1) is 9.62. The van der Waals surface area contributed by atoms with Crippen molar-refractivity contribution >= 4 is 11.9 Å². The van der Waals surface area contributed by atoms with E-state index in [4.69, 9.17) is 15.6 Å². The molecule has 0 aliphatic heterocycles. The molecule has 114 valence electrons. The van der Waals surface area contributed by atoms with Gasteiger partial charge in [-0.05, 0) is 31.2 Å². The van der Waals surface area contributed by atoms with Gasteiger partial charge in [0, 0.05) is 11.1 Å². The number of nitrogens with two attached hydrogens (primary N) is 1. The van der Waals surface area contributed by atoms with Crippen LogP contribution >= 0.6 is 0 Å². The summed E-state index contributed by atoms with van der Waals surface area (Å²) in [4.78, 5) is 21.4. The summed E-state index contributed by atoms with van der Waals surface area (Å²) < 4.78 is 43.5. The summed E-state index contributed by atoms with van der Waals surface area (Å²) in [5.41, 5.74) is 3.42. The number of ether oxygens (including phenoxy) is 1. The second kappa shape index (κ2) is 6.29. The number of hydrogen-bond acceptors (Lipinski definition) is 3. The zero-order chi connectivity index (χ0) is 16.2. The summed E-state index contributed by atoms with van der Waals surface area (Å²) in [7, 11) is 0. The van der Waals surface area contributed by atoms with Gasteiger partial charge in [-0.1, -0.05) is 0 Å². The standard InChI is InChI=1S/C13H12F3NO4/c1-7(12(19)20)4-5-21-10-3-2-8(11(17)18)6-9(10)13(14,15)16/h2-4,6H,5H2,1H3,(H2,17,18)(H,19,20)/b7-4-. The van der Waals surface area contributed by atoms with Crippen LogP contribution in [0.5, 0.6) is 5.75 Å². The number of carbonyl (C=O) groups excluding carboxylic acids is 1. The SMILES string of the molecule is C/C(=C/COc1ccc(C(N)=O)cc1C(F)(F)F)C(=O)O. The monoisotopic (exact) mass is 303 g/mol. The predicted molar refractivity (Wildman–Crippen MR) is 66.8 cm³/mol. The van der Waals surface area contributed by atoms with Crippen molar-refractivity contribution in [3.63, 3.8) is 0 Å². The molecule has 8 heteroatoms. The Morgan fingerprint density at radius 1 is 1.38 bits per heavy atom. The number of alkyl halides is 3. The lowest BCUT2D eigenvalue weighted by Crippen LogP contribution is -2.15. The summed E-state index contributed by atoms with van der Waals surface area (Å²) >= 11 is 0. The summed E-state index contributed by atoms with van der Waals surface area (Å²) in [5.74, 6) is -2.70. The van der Waals surface area contributed by atoms with E-state index in [2.05, 4.69) is 0 Å². The van der Waals surface area contributed by atoms with E-state index in [1.807, 2.05) is 0 Å². The van der Waals surface area contributed by atoms with Crippen LogP contribution in [0.25, 0.3) is 0 Å². The lowest BCUT2D eigenvalue weighted by atomic mass is 10.1. The number of aliphatic carboxylic acids is 1. The lowest BCUT2D eigenvalue weighted by Gasteiger charge is -2.14. The summed E-state index contributed by atoms with van der Waals surface area (Å²) in [6.45, 7) is 0.934. The molecule has 0 aliphatic rings. The molecule has 0 heterocycles. The van der Waals surface area contributed by atoms with E-state index in [-0.39, 0.29) is 17.7 Å². The normalized spacial score (nSPS) is 12.1. The van der Waals surface area contributed by atoms with E-state index in [1.54, 1.807) is 0 Å². The van der Waals surface area contributed by atoms with Crippen LogP contribution in [0.1, 0.15) is 22.8 Å². The maximum absolute atomic E-state index is 12.9. The van der Waals surface area contributed by atoms with Gasteiger partial charge in [0.2, 0.25) is 5.91 Å². The molecule has 0 saturated carbocycles. The summed E-state index contributed by atoms with van der Waals surface area (Å²) in [6.07, 6.45) is -3.60. The number of halogens is 3. The number of rotatable bonds is 5. The molecule has 0 radical (unpaired) electrons. The molecule has 5 nitrogen and oxygen atoms in total. The van der Waals surface area contributed by atoms with Crippen LogP contribution in [-0.2, 0) is 11.0 Å². The van der Waals surface area contributed by atoms with Gasteiger partial charge in [-0.2, -0.15) is 13.2 Å². The van der Waals surface area contributed by atoms with E-state index in [0.717, 1.165) is 18.2 Å². The molecule has 0 saturated heterocycles.